The minimum atomic E-state index is 0.298. The standard InChI is InChI=1S/C19H17N5/c20-9-14-3-1-2-4-17(14)15-7-8-24(12-15)19-16(10-21)11-22-18(23-19)13-5-6-13/h1-4,11,13,15H,5-8,12H2. The van der Waals surface area contributed by atoms with Crippen LogP contribution in [0.5, 0.6) is 0 Å². The molecule has 5 nitrogen and oxygen atoms in total. The Morgan fingerprint density at radius 1 is 1.00 bits per heavy atom. The third kappa shape index (κ3) is 2.59. The Hall–Kier alpha value is -2.92. The predicted octanol–water partition coefficient (Wildman–Crippen LogP) is 3.09. The fraction of sp³-hybridized carbons (Fsp3) is 0.368. The highest BCUT2D eigenvalue weighted by molar-refractivity contribution is 5.55. The normalized spacial score (nSPS) is 19.8. The lowest BCUT2D eigenvalue weighted by Crippen LogP contribution is -2.22. The zero-order chi connectivity index (χ0) is 16.5. The number of hydrogen-bond donors (Lipinski definition) is 0. The molecular formula is C19H17N5. The van der Waals surface area contributed by atoms with Crippen molar-refractivity contribution >= 4 is 5.82 Å². The van der Waals surface area contributed by atoms with E-state index in [-0.39, 0.29) is 0 Å². The molecule has 1 saturated heterocycles. The van der Waals surface area contributed by atoms with E-state index in [1.807, 2.05) is 24.3 Å². The molecule has 2 fully saturated rings. The van der Waals surface area contributed by atoms with Crippen molar-refractivity contribution in [3.05, 3.63) is 53.0 Å². The van der Waals surface area contributed by atoms with Gasteiger partial charge in [-0.3, -0.25) is 0 Å². The summed E-state index contributed by atoms with van der Waals surface area (Å²) in [5.74, 6) is 2.39. The summed E-state index contributed by atoms with van der Waals surface area (Å²) in [7, 11) is 0. The lowest BCUT2D eigenvalue weighted by Gasteiger charge is -2.19. The molecule has 0 radical (unpaired) electrons. The number of nitriles is 2. The quantitative estimate of drug-likeness (QED) is 0.870. The molecule has 1 unspecified atom stereocenters. The van der Waals surface area contributed by atoms with Gasteiger partial charge in [-0.2, -0.15) is 10.5 Å². The second kappa shape index (κ2) is 5.94. The highest BCUT2D eigenvalue weighted by Crippen LogP contribution is 2.39. The number of aromatic nitrogens is 2. The first-order chi connectivity index (χ1) is 11.8. The molecule has 0 N–H and O–H groups in total. The van der Waals surface area contributed by atoms with Gasteiger partial charge in [-0.15, -0.1) is 0 Å². The van der Waals surface area contributed by atoms with Gasteiger partial charge in [-0.25, -0.2) is 9.97 Å². The molecule has 1 aromatic carbocycles. The highest BCUT2D eigenvalue weighted by Gasteiger charge is 2.31. The molecule has 5 heteroatoms. The van der Waals surface area contributed by atoms with E-state index in [9.17, 15) is 10.5 Å². The Bertz CT molecular complexity index is 857. The van der Waals surface area contributed by atoms with Gasteiger partial charge >= 0.3 is 0 Å². The van der Waals surface area contributed by atoms with Gasteiger partial charge in [0.15, 0.2) is 0 Å². The van der Waals surface area contributed by atoms with Crippen LogP contribution in [-0.4, -0.2) is 23.1 Å². The Kier molecular flexibility index (Phi) is 3.63. The number of anilines is 1. The van der Waals surface area contributed by atoms with Crippen LogP contribution in [0.3, 0.4) is 0 Å². The van der Waals surface area contributed by atoms with Crippen LogP contribution in [0.25, 0.3) is 0 Å². The zero-order valence-electron chi connectivity index (χ0n) is 13.3. The van der Waals surface area contributed by atoms with Crippen molar-refractivity contribution in [1.82, 2.24) is 9.97 Å². The van der Waals surface area contributed by atoms with E-state index >= 15 is 0 Å². The summed E-state index contributed by atoms with van der Waals surface area (Å²) >= 11 is 0. The summed E-state index contributed by atoms with van der Waals surface area (Å²) in [6, 6.07) is 12.3. The van der Waals surface area contributed by atoms with E-state index in [1.54, 1.807) is 6.20 Å². The van der Waals surface area contributed by atoms with Gasteiger partial charge in [0.25, 0.3) is 0 Å². The van der Waals surface area contributed by atoms with Gasteiger partial charge in [0.1, 0.15) is 23.3 Å². The Balaban J connectivity index is 1.62. The summed E-state index contributed by atoms with van der Waals surface area (Å²) < 4.78 is 0. The second-order valence-corrected chi connectivity index (χ2v) is 6.48. The summed E-state index contributed by atoms with van der Waals surface area (Å²) in [4.78, 5) is 11.2. The molecule has 1 saturated carbocycles. The van der Waals surface area contributed by atoms with Gasteiger partial charge in [0, 0.05) is 24.9 Å². The molecular weight excluding hydrogens is 298 g/mol. The van der Waals surface area contributed by atoms with Crippen molar-refractivity contribution in [3.8, 4) is 12.1 Å². The fourth-order valence-corrected chi connectivity index (χ4v) is 3.41. The molecule has 2 heterocycles. The summed E-state index contributed by atoms with van der Waals surface area (Å²) in [5.41, 5.74) is 2.37. The maximum absolute atomic E-state index is 9.39. The van der Waals surface area contributed by atoms with Crippen LogP contribution < -0.4 is 4.90 Å². The molecule has 0 bridgehead atoms. The van der Waals surface area contributed by atoms with Gasteiger partial charge in [0.05, 0.1) is 17.8 Å². The number of benzene rings is 1. The summed E-state index contributed by atoms with van der Waals surface area (Å²) in [5, 5.41) is 18.7. The molecule has 4 rings (SSSR count). The van der Waals surface area contributed by atoms with Crippen molar-refractivity contribution in [2.75, 3.05) is 18.0 Å². The Morgan fingerprint density at radius 2 is 1.79 bits per heavy atom. The molecule has 2 aliphatic rings. The third-order valence-corrected chi connectivity index (χ3v) is 4.86. The average molecular weight is 315 g/mol. The first kappa shape index (κ1) is 14.7. The third-order valence-electron chi connectivity index (χ3n) is 4.86. The van der Waals surface area contributed by atoms with E-state index in [0.717, 1.165) is 55.1 Å². The van der Waals surface area contributed by atoms with Crippen LogP contribution in [0.4, 0.5) is 5.82 Å². The number of hydrogen-bond acceptors (Lipinski definition) is 5. The molecule has 2 aromatic rings. The van der Waals surface area contributed by atoms with Gasteiger partial charge in [-0.05, 0) is 30.9 Å². The molecule has 24 heavy (non-hydrogen) atoms. The van der Waals surface area contributed by atoms with E-state index < -0.39 is 0 Å². The number of nitrogens with zero attached hydrogens (tertiary/aromatic N) is 5. The minimum absolute atomic E-state index is 0.298. The topological polar surface area (TPSA) is 76.6 Å². The van der Waals surface area contributed by atoms with Crippen LogP contribution in [0.2, 0.25) is 0 Å². The lowest BCUT2D eigenvalue weighted by molar-refractivity contribution is 0.770. The van der Waals surface area contributed by atoms with Crippen molar-refractivity contribution in [2.24, 2.45) is 0 Å². The molecule has 1 aliphatic carbocycles. The van der Waals surface area contributed by atoms with E-state index in [4.69, 9.17) is 0 Å². The monoisotopic (exact) mass is 315 g/mol. The van der Waals surface area contributed by atoms with E-state index in [1.165, 1.54) is 0 Å². The summed E-state index contributed by atoms with van der Waals surface area (Å²) in [6.07, 6.45) is 4.91. The first-order valence-corrected chi connectivity index (χ1v) is 8.31. The predicted molar refractivity (Wildman–Crippen MR) is 89.5 cm³/mol. The second-order valence-electron chi connectivity index (χ2n) is 6.48. The van der Waals surface area contributed by atoms with Crippen molar-refractivity contribution in [3.63, 3.8) is 0 Å². The van der Waals surface area contributed by atoms with E-state index in [2.05, 4.69) is 27.0 Å². The SMILES string of the molecule is N#Cc1ccccc1C1CCN(c2nc(C3CC3)ncc2C#N)C1. The molecule has 0 spiro atoms. The summed E-state index contributed by atoms with van der Waals surface area (Å²) in [6.45, 7) is 1.63. The number of rotatable bonds is 3. The molecule has 1 atom stereocenters. The average Bonchev–Trinajstić information content (AvgIpc) is 3.38. The Labute approximate surface area is 141 Å². The Morgan fingerprint density at radius 3 is 2.54 bits per heavy atom. The van der Waals surface area contributed by atoms with Crippen LogP contribution in [0, 0.1) is 22.7 Å². The maximum atomic E-state index is 9.39. The van der Waals surface area contributed by atoms with Gasteiger partial charge in [-0.1, -0.05) is 18.2 Å². The fourth-order valence-electron chi connectivity index (χ4n) is 3.41. The molecule has 118 valence electrons. The first-order valence-electron chi connectivity index (χ1n) is 8.31. The molecule has 1 aromatic heterocycles. The van der Waals surface area contributed by atoms with Gasteiger partial charge < -0.3 is 4.90 Å². The maximum Gasteiger partial charge on any atom is 0.150 e. The smallest absolute Gasteiger partial charge is 0.150 e. The van der Waals surface area contributed by atoms with Crippen LogP contribution in [-0.2, 0) is 0 Å². The van der Waals surface area contributed by atoms with Crippen molar-refractivity contribution < 1.29 is 0 Å². The van der Waals surface area contributed by atoms with Crippen LogP contribution in [0.1, 0.15) is 53.6 Å². The van der Waals surface area contributed by atoms with Crippen LogP contribution in [0.15, 0.2) is 30.5 Å². The van der Waals surface area contributed by atoms with E-state index in [0.29, 0.717) is 17.4 Å². The van der Waals surface area contributed by atoms with Crippen molar-refractivity contribution in [2.45, 2.75) is 31.1 Å². The lowest BCUT2D eigenvalue weighted by atomic mass is 9.94. The van der Waals surface area contributed by atoms with Gasteiger partial charge in [0.2, 0.25) is 0 Å². The van der Waals surface area contributed by atoms with Crippen molar-refractivity contribution in [1.29, 1.82) is 10.5 Å². The molecule has 1 aliphatic heterocycles. The minimum Gasteiger partial charge on any atom is -0.355 e. The zero-order valence-corrected chi connectivity index (χ0v) is 13.3. The van der Waals surface area contributed by atoms with Crippen LogP contribution >= 0.6 is 0 Å². The molecule has 0 amide bonds. The highest BCUT2D eigenvalue weighted by atomic mass is 15.2. The largest absolute Gasteiger partial charge is 0.355 e.